The van der Waals surface area contributed by atoms with Crippen LogP contribution in [0, 0.1) is 6.92 Å². The largest absolute Gasteiger partial charge is 0.507 e. The molecule has 0 spiro atoms. The van der Waals surface area contributed by atoms with E-state index in [9.17, 15) is 14.7 Å². The van der Waals surface area contributed by atoms with E-state index < -0.39 is 5.63 Å². The molecule has 0 atom stereocenters. The molecule has 4 rings (SSSR count). The van der Waals surface area contributed by atoms with Crippen LogP contribution in [0.3, 0.4) is 0 Å². The standard InChI is InChI=1S/C26H29ClN2O5/c1-3-33-23(30)8-7-18-14-21-17(2)13-24(31)34-26(21)22(25(18)32)16-28-9-11-29(12-10-28)20-6-4-5-19(27)15-20/h4-6,13-15,32H,3,7-12,16H2,1-2H3. The maximum absolute atomic E-state index is 12.1. The first kappa shape index (κ1) is 24.1. The number of hydrogen-bond acceptors (Lipinski definition) is 7. The summed E-state index contributed by atoms with van der Waals surface area (Å²) in [6.07, 6.45) is 0.509. The molecule has 3 aromatic rings. The lowest BCUT2D eigenvalue weighted by Crippen LogP contribution is -2.46. The molecule has 1 aromatic heterocycles. The summed E-state index contributed by atoms with van der Waals surface area (Å²) >= 11 is 6.15. The second-order valence-corrected chi connectivity index (χ2v) is 8.97. The van der Waals surface area contributed by atoms with E-state index in [-0.39, 0.29) is 18.1 Å². The van der Waals surface area contributed by atoms with Gasteiger partial charge in [-0.05, 0) is 55.7 Å². The second-order valence-electron chi connectivity index (χ2n) is 8.54. The van der Waals surface area contributed by atoms with Crippen LogP contribution in [-0.2, 0) is 22.5 Å². The Labute approximate surface area is 203 Å². The summed E-state index contributed by atoms with van der Waals surface area (Å²) in [7, 11) is 0. The highest BCUT2D eigenvalue weighted by Crippen LogP contribution is 2.34. The van der Waals surface area contributed by atoms with Crippen molar-refractivity contribution >= 4 is 34.2 Å². The van der Waals surface area contributed by atoms with Crippen LogP contribution in [0.25, 0.3) is 11.0 Å². The average molecular weight is 485 g/mol. The first-order valence-electron chi connectivity index (χ1n) is 11.5. The fourth-order valence-corrected chi connectivity index (χ4v) is 4.62. The number of hydrogen-bond donors (Lipinski definition) is 1. The van der Waals surface area contributed by atoms with Gasteiger partial charge in [0, 0.05) is 61.3 Å². The molecule has 8 heteroatoms. The molecule has 1 aliphatic rings. The maximum Gasteiger partial charge on any atom is 0.336 e. The summed E-state index contributed by atoms with van der Waals surface area (Å²) in [5.41, 5.74) is 3.03. The number of nitrogens with zero attached hydrogens (tertiary/aromatic N) is 2. The molecule has 0 amide bonds. The summed E-state index contributed by atoms with van der Waals surface area (Å²) in [6, 6.07) is 11.1. The Hall–Kier alpha value is -3.03. The van der Waals surface area contributed by atoms with Crippen molar-refractivity contribution in [1.29, 1.82) is 0 Å². The van der Waals surface area contributed by atoms with Crippen molar-refractivity contribution in [2.24, 2.45) is 0 Å². The van der Waals surface area contributed by atoms with Crippen molar-refractivity contribution in [1.82, 2.24) is 4.90 Å². The molecule has 0 unspecified atom stereocenters. The van der Waals surface area contributed by atoms with Gasteiger partial charge in [0.1, 0.15) is 11.3 Å². The minimum Gasteiger partial charge on any atom is -0.507 e. The quantitative estimate of drug-likeness (QED) is 0.396. The van der Waals surface area contributed by atoms with Crippen LogP contribution in [-0.4, -0.2) is 48.8 Å². The monoisotopic (exact) mass is 484 g/mol. The summed E-state index contributed by atoms with van der Waals surface area (Å²) in [5, 5.41) is 12.6. The van der Waals surface area contributed by atoms with Crippen LogP contribution in [0.4, 0.5) is 5.69 Å². The van der Waals surface area contributed by atoms with Crippen molar-refractivity contribution in [3.05, 3.63) is 68.5 Å². The number of phenols is 1. The maximum atomic E-state index is 12.1. The topological polar surface area (TPSA) is 83.2 Å². The van der Waals surface area contributed by atoms with Crippen LogP contribution >= 0.6 is 11.6 Å². The van der Waals surface area contributed by atoms with Gasteiger partial charge in [-0.3, -0.25) is 9.69 Å². The van der Waals surface area contributed by atoms with E-state index >= 15 is 0 Å². The summed E-state index contributed by atoms with van der Waals surface area (Å²) in [4.78, 5) is 28.5. The molecule has 1 aliphatic heterocycles. The fraction of sp³-hybridized carbons (Fsp3) is 0.385. The van der Waals surface area contributed by atoms with Crippen molar-refractivity contribution in [2.45, 2.75) is 33.2 Å². The number of piperazine rings is 1. The number of halogens is 1. The lowest BCUT2D eigenvalue weighted by atomic mass is 9.98. The molecule has 1 N–H and O–H groups in total. The highest BCUT2D eigenvalue weighted by molar-refractivity contribution is 6.30. The highest BCUT2D eigenvalue weighted by Gasteiger charge is 2.23. The number of phenolic OH excluding ortho intramolecular Hbond substituents is 1. The van der Waals surface area contributed by atoms with Crippen LogP contribution in [0.15, 0.2) is 45.6 Å². The lowest BCUT2D eigenvalue weighted by molar-refractivity contribution is -0.143. The van der Waals surface area contributed by atoms with Gasteiger partial charge in [0.2, 0.25) is 0 Å². The zero-order valence-corrected chi connectivity index (χ0v) is 20.2. The Morgan fingerprint density at radius 1 is 1.18 bits per heavy atom. The Kier molecular flexibility index (Phi) is 7.44. The van der Waals surface area contributed by atoms with E-state index in [1.165, 1.54) is 6.07 Å². The van der Waals surface area contributed by atoms with Gasteiger partial charge in [-0.25, -0.2) is 4.79 Å². The number of carbonyl (C=O) groups is 1. The van der Waals surface area contributed by atoms with E-state index in [4.69, 9.17) is 20.8 Å². The molecule has 34 heavy (non-hydrogen) atoms. The number of ether oxygens (including phenoxy) is 1. The highest BCUT2D eigenvalue weighted by atomic mass is 35.5. The molecule has 1 saturated heterocycles. The van der Waals surface area contributed by atoms with Gasteiger partial charge in [-0.1, -0.05) is 17.7 Å². The molecule has 7 nitrogen and oxygen atoms in total. The number of anilines is 1. The van der Waals surface area contributed by atoms with Crippen molar-refractivity contribution in [3.63, 3.8) is 0 Å². The number of carbonyl (C=O) groups excluding carboxylic acids is 1. The Morgan fingerprint density at radius 3 is 2.65 bits per heavy atom. The third kappa shape index (κ3) is 5.37. The lowest BCUT2D eigenvalue weighted by Gasteiger charge is -2.36. The zero-order valence-electron chi connectivity index (χ0n) is 19.5. The van der Waals surface area contributed by atoms with E-state index in [1.807, 2.05) is 37.3 Å². The van der Waals surface area contributed by atoms with Gasteiger partial charge in [-0.2, -0.15) is 0 Å². The summed E-state index contributed by atoms with van der Waals surface area (Å²) in [6.45, 7) is 7.53. The predicted molar refractivity (Wildman–Crippen MR) is 133 cm³/mol. The number of esters is 1. The number of rotatable bonds is 7. The van der Waals surface area contributed by atoms with E-state index in [0.717, 1.165) is 42.8 Å². The predicted octanol–water partition coefficient (Wildman–Crippen LogP) is 4.28. The van der Waals surface area contributed by atoms with Crippen molar-refractivity contribution in [2.75, 3.05) is 37.7 Å². The zero-order chi connectivity index (χ0) is 24.2. The van der Waals surface area contributed by atoms with Gasteiger partial charge in [0.25, 0.3) is 0 Å². The molecular formula is C26H29ClN2O5. The van der Waals surface area contributed by atoms with Crippen LogP contribution < -0.4 is 10.5 Å². The first-order chi connectivity index (χ1) is 16.4. The Morgan fingerprint density at radius 2 is 1.94 bits per heavy atom. The van der Waals surface area contributed by atoms with E-state index in [0.29, 0.717) is 41.3 Å². The minimum atomic E-state index is -0.448. The smallest absolute Gasteiger partial charge is 0.336 e. The number of benzene rings is 2. The SMILES string of the molecule is CCOC(=O)CCc1cc2c(C)cc(=O)oc2c(CN2CCN(c3cccc(Cl)c3)CC2)c1O. The van der Waals surface area contributed by atoms with E-state index in [2.05, 4.69) is 9.80 Å². The van der Waals surface area contributed by atoms with E-state index in [1.54, 1.807) is 6.92 Å². The van der Waals surface area contributed by atoms with Crippen molar-refractivity contribution in [3.8, 4) is 5.75 Å². The van der Waals surface area contributed by atoms with Gasteiger partial charge in [0.15, 0.2) is 0 Å². The minimum absolute atomic E-state index is 0.0721. The summed E-state index contributed by atoms with van der Waals surface area (Å²) < 4.78 is 10.6. The molecular weight excluding hydrogens is 456 g/mol. The van der Waals surface area contributed by atoms with Gasteiger partial charge in [0.05, 0.1) is 12.2 Å². The van der Waals surface area contributed by atoms with Gasteiger partial charge >= 0.3 is 11.6 Å². The third-order valence-corrected chi connectivity index (χ3v) is 6.46. The molecule has 0 radical (unpaired) electrons. The van der Waals surface area contributed by atoms with Gasteiger partial charge < -0.3 is 19.2 Å². The molecule has 180 valence electrons. The Balaban J connectivity index is 1.59. The number of fused-ring (bicyclic) bond motifs is 1. The first-order valence-corrected chi connectivity index (χ1v) is 11.9. The van der Waals surface area contributed by atoms with Gasteiger partial charge in [-0.15, -0.1) is 0 Å². The average Bonchev–Trinajstić information content (AvgIpc) is 2.81. The molecule has 0 bridgehead atoms. The molecule has 2 aromatic carbocycles. The normalized spacial score (nSPS) is 14.5. The summed E-state index contributed by atoms with van der Waals surface area (Å²) in [5.74, 6) is -0.236. The Bertz CT molecular complexity index is 1250. The fourth-order valence-electron chi connectivity index (χ4n) is 4.43. The molecule has 2 heterocycles. The van der Waals surface area contributed by atoms with Crippen LogP contribution in [0.2, 0.25) is 5.02 Å². The number of aromatic hydroxyl groups is 1. The molecule has 0 aliphatic carbocycles. The van der Waals surface area contributed by atoms with Crippen LogP contribution in [0.1, 0.15) is 30.0 Å². The third-order valence-electron chi connectivity index (χ3n) is 6.22. The number of aryl methyl sites for hydroxylation is 2. The van der Waals surface area contributed by atoms with Crippen molar-refractivity contribution < 1.29 is 19.1 Å². The molecule has 1 fully saturated rings. The molecule has 0 saturated carbocycles. The second kappa shape index (κ2) is 10.5. The van der Waals surface area contributed by atoms with Crippen LogP contribution in [0.5, 0.6) is 5.75 Å².